The van der Waals surface area contributed by atoms with Crippen LogP contribution in [0.1, 0.15) is 23.6 Å². The molecule has 18 heavy (non-hydrogen) atoms. The van der Waals surface area contributed by atoms with E-state index in [4.69, 9.17) is 17.3 Å². The zero-order valence-electron chi connectivity index (χ0n) is 10.8. The third kappa shape index (κ3) is 2.92. The molecule has 0 bridgehead atoms. The first-order chi connectivity index (χ1) is 8.49. The van der Waals surface area contributed by atoms with Gasteiger partial charge in [0.1, 0.15) is 0 Å². The van der Waals surface area contributed by atoms with Gasteiger partial charge in [0.05, 0.1) is 0 Å². The second-order valence-corrected chi connectivity index (χ2v) is 5.47. The Morgan fingerprint density at radius 3 is 2.50 bits per heavy atom. The molecule has 2 aromatic rings. The van der Waals surface area contributed by atoms with E-state index in [-0.39, 0.29) is 0 Å². The van der Waals surface area contributed by atoms with E-state index in [1.807, 2.05) is 37.3 Å². The van der Waals surface area contributed by atoms with Crippen molar-refractivity contribution in [1.29, 1.82) is 0 Å². The molecule has 0 aliphatic carbocycles. The van der Waals surface area contributed by atoms with Crippen LogP contribution >= 0.6 is 11.6 Å². The van der Waals surface area contributed by atoms with E-state index in [2.05, 4.69) is 25.1 Å². The molecule has 0 aliphatic rings. The van der Waals surface area contributed by atoms with E-state index in [1.165, 1.54) is 11.1 Å². The van der Waals surface area contributed by atoms with Crippen molar-refractivity contribution in [3.63, 3.8) is 0 Å². The minimum Gasteiger partial charge on any atom is -0.321 e. The van der Waals surface area contributed by atoms with E-state index < -0.39 is 5.54 Å². The van der Waals surface area contributed by atoms with Crippen LogP contribution in [0.25, 0.3) is 0 Å². The van der Waals surface area contributed by atoms with Crippen molar-refractivity contribution in [3.8, 4) is 0 Å². The summed E-state index contributed by atoms with van der Waals surface area (Å²) in [6, 6.07) is 16.1. The number of nitrogens with two attached hydrogens (primary N) is 1. The standard InChI is InChI=1S/C16H18ClN/c1-12-6-3-4-7-13(12)11-16(2,18)14-8-5-9-15(17)10-14/h3-10H,11,18H2,1-2H3. The lowest BCUT2D eigenvalue weighted by molar-refractivity contribution is 0.490. The van der Waals surface area contributed by atoms with Gasteiger partial charge in [-0.1, -0.05) is 48.0 Å². The predicted octanol–water partition coefficient (Wildman–Crippen LogP) is 4.07. The molecule has 2 N–H and O–H groups in total. The fraction of sp³-hybridized carbons (Fsp3) is 0.250. The fourth-order valence-electron chi connectivity index (χ4n) is 2.15. The monoisotopic (exact) mass is 259 g/mol. The molecule has 0 fully saturated rings. The molecule has 1 nitrogen and oxygen atoms in total. The SMILES string of the molecule is Cc1ccccc1CC(C)(N)c1cccc(Cl)c1. The summed E-state index contributed by atoms with van der Waals surface area (Å²) in [6.45, 7) is 4.16. The summed E-state index contributed by atoms with van der Waals surface area (Å²) in [6.07, 6.45) is 0.806. The molecule has 0 aliphatic heterocycles. The van der Waals surface area contributed by atoms with Crippen LogP contribution in [0.5, 0.6) is 0 Å². The molecule has 0 heterocycles. The van der Waals surface area contributed by atoms with Crippen LogP contribution in [0.2, 0.25) is 5.02 Å². The molecule has 0 amide bonds. The molecule has 0 radical (unpaired) electrons. The Bertz CT molecular complexity index is 546. The molecule has 0 saturated carbocycles. The minimum absolute atomic E-state index is 0.406. The average molecular weight is 260 g/mol. The maximum Gasteiger partial charge on any atom is 0.0422 e. The van der Waals surface area contributed by atoms with Gasteiger partial charge >= 0.3 is 0 Å². The van der Waals surface area contributed by atoms with Gasteiger partial charge in [0.25, 0.3) is 0 Å². The highest BCUT2D eigenvalue weighted by atomic mass is 35.5. The van der Waals surface area contributed by atoms with Crippen molar-refractivity contribution in [2.45, 2.75) is 25.8 Å². The molecule has 0 saturated heterocycles. The van der Waals surface area contributed by atoms with Crippen LogP contribution in [0.15, 0.2) is 48.5 Å². The molecular formula is C16H18ClN. The van der Waals surface area contributed by atoms with Gasteiger partial charge in [0.15, 0.2) is 0 Å². The fourth-order valence-corrected chi connectivity index (χ4v) is 2.34. The Labute approximate surface area is 114 Å². The average Bonchev–Trinajstić information content (AvgIpc) is 2.32. The summed E-state index contributed by atoms with van der Waals surface area (Å²) in [5.41, 5.74) is 9.67. The van der Waals surface area contributed by atoms with E-state index in [9.17, 15) is 0 Å². The van der Waals surface area contributed by atoms with Crippen LogP contribution in [0.3, 0.4) is 0 Å². The molecule has 0 aromatic heterocycles. The Hall–Kier alpha value is -1.31. The topological polar surface area (TPSA) is 26.0 Å². The van der Waals surface area contributed by atoms with Gasteiger partial charge in [0, 0.05) is 10.6 Å². The van der Waals surface area contributed by atoms with Crippen LogP contribution < -0.4 is 5.73 Å². The zero-order chi connectivity index (χ0) is 13.2. The first-order valence-corrected chi connectivity index (χ1v) is 6.46. The summed E-state index contributed by atoms with van der Waals surface area (Å²) in [5.74, 6) is 0. The summed E-state index contributed by atoms with van der Waals surface area (Å²) in [7, 11) is 0. The van der Waals surface area contributed by atoms with Crippen LogP contribution in [-0.2, 0) is 12.0 Å². The van der Waals surface area contributed by atoms with E-state index in [1.54, 1.807) is 0 Å². The smallest absolute Gasteiger partial charge is 0.0422 e. The Kier molecular flexibility index (Phi) is 3.74. The zero-order valence-corrected chi connectivity index (χ0v) is 11.5. The molecule has 1 unspecified atom stereocenters. The molecule has 0 spiro atoms. The van der Waals surface area contributed by atoms with Crippen LogP contribution in [0.4, 0.5) is 0 Å². The first-order valence-electron chi connectivity index (χ1n) is 6.08. The van der Waals surface area contributed by atoms with Crippen LogP contribution in [-0.4, -0.2) is 0 Å². The first kappa shape index (κ1) is 13.1. The number of rotatable bonds is 3. The van der Waals surface area contributed by atoms with Crippen molar-refractivity contribution >= 4 is 11.6 Å². The predicted molar refractivity (Wildman–Crippen MR) is 77.9 cm³/mol. The number of aryl methyl sites for hydroxylation is 1. The number of hydrogen-bond donors (Lipinski definition) is 1. The Morgan fingerprint density at radius 1 is 1.11 bits per heavy atom. The van der Waals surface area contributed by atoms with Gasteiger partial charge in [-0.25, -0.2) is 0 Å². The van der Waals surface area contributed by atoms with Crippen molar-refractivity contribution in [2.24, 2.45) is 5.73 Å². The van der Waals surface area contributed by atoms with Gasteiger partial charge < -0.3 is 5.73 Å². The van der Waals surface area contributed by atoms with Crippen molar-refractivity contribution in [1.82, 2.24) is 0 Å². The minimum atomic E-state index is -0.406. The van der Waals surface area contributed by atoms with Crippen molar-refractivity contribution in [3.05, 3.63) is 70.2 Å². The molecule has 2 heteroatoms. The lowest BCUT2D eigenvalue weighted by Gasteiger charge is -2.26. The quantitative estimate of drug-likeness (QED) is 0.884. The third-order valence-corrected chi connectivity index (χ3v) is 3.54. The third-order valence-electron chi connectivity index (χ3n) is 3.30. The molecule has 2 aromatic carbocycles. The van der Waals surface area contributed by atoms with Gasteiger partial charge in [-0.15, -0.1) is 0 Å². The van der Waals surface area contributed by atoms with E-state index in [0.717, 1.165) is 17.0 Å². The highest BCUT2D eigenvalue weighted by Crippen LogP contribution is 2.26. The summed E-state index contributed by atoms with van der Waals surface area (Å²) >= 11 is 6.03. The molecular weight excluding hydrogens is 242 g/mol. The Morgan fingerprint density at radius 2 is 1.83 bits per heavy atom. The highest BCUT2D eigenvalue weighted by molar-refractivity contribution is 6.30. The second kappa shape index (κ2) is 5.13. The summed E-state index contributed by atoms with van der Waals surface area (Å²) in [4.78, 5) is 0. The van der Waals surface area contributed by atoms with E-state index in [0.29, 0.717) is 0 Å². The lowest BCUT2D eigenvalue weighted by Crippen LogP contribution is -2.35. The van der Waals surface area contributed by atoms with Gasteiger partial charge in [-0.05, 0) is 49.1 Å². The van der Waals surface area contributed by atoms with Crippen molar-refractivity contribution in [2.75, 3.05) is 0 Å². The summed E-state index contributed by atoms with van der Waals surface area (Å²) in [5, 5.41) is 0.731. The Balaban J connectivity index is 2.30. The van der Waals surface area contributed by atoms with E-state index >= 15 is 0 Å². The highest BCUT2D eigenvalue weighted by Gasteiger charge is 2.22. The number of hydrogen-bond acceptors (Lipinski definition) is 1. The van der Waals surface area contributed by atoms with Crippen LogP contribution in [0, 0.1) is 6.92 Å². The maximum atomic E-state index is 6.45. The molecule has 2 rings (SSSR count). The molecule has 1 atom stereocenters. The number of halogens is 1. The van der Waals surface area contributed by atoms with Gasteiger partial charge in [-0.2, -0.15) is 0 Å². The normalized spacial score (nSPS) is 14.2. The summed E-state index contributed by atoms with van der Waals surface area (Å²) < 4.78 is 0. The largest absolute Gasteiger partial charge is 0.321 e. The lowest BCUT2D eigenvalue weighted by atomic mass is 9.85. The van der Waals surface area contributed by atoms with Gasteiger partial charge in [0.2, 0.25) is 0 Å². The second-order valence-electron chi connectivity index (χ2n) is 5.03. The van der Waals surface area contributed by atoms with Crippen molar-refractivity contribution < 1.29 is 0 Å². The van der Waals surface area contributed by atoms with Gasteiger partial charge in [-0.3, -0.25) is 0 Å². The maximum absolute atomic E-state index is 6.45. The number of benzene rings is 2. The molecule has 94 valence electrons.